The molecule has 0 radical (unpaired) electrons. The fourth-order valence-electron chi connectivity index (χ4n) is 1.72. The first kappa shape index (κ1) is 19.0. The van der Waals surface area contributed by atoms with Gasteiger partial charge in [0.25, 0.3) is 5.91 Å². The summed E-state index contributed by atoms with van der Waals surface area (Å²) in [6.45, 7) is 3.34. The van der Waals surface area contributed by atoms with Crippen molar-refractivity contribution in [2.45, 2.75) is 20.0 Å². The van der Waals surface area contributed by atoms with Crippen LogP contribution in [0.5, 0.6) is 0 Å². The fraction of sp³-hybridized carbons (Fsp3) is 0.200. The minimum absolute atomic E-state index is 0.0516. The van der Waals surface area contributed by atoms with Crippen LogP contribution < -0.4 is 5.32 Å². The SMILES string of the molecule is CC(C)OC(=O)c1cc(NC(=O)c2cc(Cl)c(Cl)s2)c(F)cc1Cl. The average molecular weight is 411 g/mol. The van der Waals surface area contributed by atoms with E-state index >= 15 is 0 Å². The van der Waals surface area contributed by atoms with Crippen LogP contribution in [-0.2, 0) is 4.74 Å². The standard InChI is InChI=1S/C15H11Cl3FNO3S/c1-6(2)23-15(22)7-3-11(10(19)4-8(7)16)20-14(21)12-5-9(17)13(18)24-12/h3-6H,1-2H3,(H,20,21). The zero-order chi connectivity index (χ0) is 18.0. The normalized spacial score (nSPS) is 10.8. The van der Waals surface area contributed by atoms with E-state index in [0.717, 1.165) is 23.5 Å². The lowest BCUT2D eigenvalue weighted by Crippen LogP contribution is -2.15. The van der Waals surface area contributed by atoms with Crippen molar-refractivity contribution in [1.82, 2.24) is 0 Å². The summed E-state index contributed by atoms with van der Waals surface area (Å²) in [6.07, 6.45) is -0.368. The number of hydrogen-bond donors (Lipinski definition) is 1. The number of anilines is 1. The highest BCUT2D eigenvalue weighted by atomic mass is 35.5. The number of rotatable bonds is 4. The van der Waals surface area contributed by atoms with Gasteiger partial charge in [-0.2, -0.15) is 0 Å². The third kappa shape index (κ3) is 4.39. The first-order chi connectivity index (χ1) is 11.2. The van der Waals surface area contributed by atoms with E-state index in [1.54, 1.807) is 13.8 Å². The Labute approximate surface area is 156 Å². The van der Waals surface area contributed by atoms with Gasteiger partial charge in [0, 0.05) is 0 Å². The van der Waals surface area contributed by atoms with Crippen LogP contribution in [-0.4, -0.2) is 18.0 Å². The van der Waals surface area contributed by atoms with Crippen molar-refractivity contribution in [2.75, 3.05) is 5.32 Å². The first-order valence-electron chi connectivity index (χ1n) is 6.65. The summed E-state index contributed by atoms with van der Waals surface area (Å²) in [6, 6.07) is 3.42. The predicted octanol–water partition coefficient (Wildman–Crippen LogP) is 5.66. The molecule has 0 aliphatic rings. The minimum Gasteiger partial charge on any atom is -0.459 e. The van der Waals surface area contributed by atoms with Crippen molar-refractivity contribution < 1.29 is 18.7 Å². The van der Waals surface area contributed by atoms with Crippen LogP contribution in [0.25, 0.3) is 0 Å². The van der Waals surface area contributed by atoms with Crippen LogP contribution in [0, 0.1) is 5.82 Å². The molecule has 0 bridgehead atoms. The maximum atomic E-state index is 14.0. The molecule has 128 valence electrons. The number of hydrogen-bond acceptors (Lipinski definition) is 4. The van der Waals surface area contributed by atoms with Crippen molar-refractivity contribution in [3.05, 3.63) is 48.8 Å². The van der Waals surface area contributed by atoms with Crippen LogP contribution in [0.4, 0.5) is 10.1 Å². The van der Waals surface area contributed by atoms with E-state index in [-0.39, 0.29) is 36.6 Å². The van der Waals surface area contributed by atoms with Gasteiger partial charge in [-0.25, -0.2) is 9.18 Å². The number of benzene rings is 1. The van der Waals surface area contributed by atoms with Gasteiger partial charge in [-0.05, 0) is 32.0 Å². The van der Waals surface area contributed by atoms with Crippen LogP contribution in [0.2, 0.25) is 14.4 Å². The van der Waals surface area contributed by atoms with Crippen LogP contribution in [0.1, 0.15) is 33.9 Å². The van der Waals surface area contributed by atoms with Gasteiger partial charge in [-0.1, -0.05) is 34.8 Å². The van der Waals surface area contributed by atoms with E-state index in [0.29, 0.717) is 0 Å². The number of esters is 1. The van der Waals surface area contributed by atoms with Gasteiger partial charge in [0.15, 0.2) is 0 Å². The van der Waals surface area contributed by atoms with E-state index in [2.05, 4.69) is 5.32 Å². The number of carbonyl (C=O) groups excluding carboxylic acids is 2. The van der Waals surface area contributed by atoms with Crippen molar-refractivity contribution in [3.63, 3.8) is 0 Å². The van der Waals surface area contributed by atoms with E-state index in [1.807, 2.05) is 0 Å². The molecule has 2 rings (SSSR count). The summed E-state index contributed by atoms with van der Waals surface area (Å²) in [5, 5.41) is 2.47. The summed E-state index contributed by atoms with van der Waals surface area (Å²) in [4.78, 5) is 24.3. The van der Waals surface area contributed by atoms with E-state index < -0.39 is 17.7 Å². The highest BCUT2D eigenvalue weighted by Gasteiger charge is 2.20. The monoisotopic (exact) mass is 409 g/mol. The smallest absolute Gasteiger partial charge is 0.339 e. The molecule has 24 heavy (non-hydrogen) atoms. The first-order valence-corrected chi connectivity index (χ1v) is 8.60. The molecule has 1 N–H and O–H groups in total. The molecule has 1 aromatic heterocycles. The van der Waals surface area contributed by atoms with Gasteiger partial charge in [-0.3, -0.25) is 4.79 Å². The molecule has 2 aromatic rings. The molecule has 0 saturated carbocycles. The number of ether oxygens (including phenoxy) is 1. The highest BCUT2D eigenvalue weighted by Crippen LogP contribution is 2.32. The van der Waals surface area contributed by atoms with Crippen molar-refractivity contribution >= 4 is 63.7 Å². The summed E-state index contributed by atoms with van der Waals surface area (Å²) in [7, 11) is 0. The van der Waals surface area contributed by atoms with E-state index in [9.17, 15) is 14.0 Å². The molecule has 4 nitrogen and oxygen atoms in total. The molecule has 0 aliphatic heterocycles. The zero-order valence-electron chi connectivity index (χ0n) is 12.5. The third-order valence-corrected chi connectivity index (χ3v) is 4.91. The molecule has 1 amide bonds. The Bertz CT molecular complexity index is 788. The summed E-state index contributed by atoms with van der Waals surface area (Å²) >= 11 is 18.4. The number of halogens is 4. The Morgan fingerprint density at radius 2 is 1.83 bits per heavy atom. The molecular weight excluding hydrogens is 400 g/mol. The zero-order valence-corrected chi connectivity index (χ0v) is 15.5. The molecule has 0 spiro atoms. The summed E-state index contributed by atoms with van der Waals surface area (Å²) < 4.78 is 19.3. The quantitative estimate of drug-likeness (QED) is 0.661. The minimum atomic E-state index is -0.789. The Morgan fingerprint density at radius 1 is 1.17 bits per heavy atom. The van der Waals surface area contributed by atoms with Gasteiger partial charge >= 0.3 is 5.97 Å². The van der Waals surface area contributed by atoms with E-state index in [1.165, 1.54) is 6.07 Å². The average Bonchev–Trinajstić information content (AvgIpc) is 2.80. The largest absolute Gasteiger partial charge is 0.459 e. The van der Waals surface area contributed by atoms with E-state index in [4.69, 9.17) is 39.5 Å². The molecule has 0 unspecified atom stereocenters. The van der Waals surface area contributed by atoms with Gasteiger partial charge in [0.05, 0.1) is 32.3 Å². The Morgan fingerprint density at radius 3 is 2.38 bits per heavy atom. The fourth-order valence-corrected chi connectivity index (χ4v) is 3.21. The molecule has 0 aliphatic carbocycles. The van der Waals surface area contributed by atoms with Gasteiger partial charge < -0.3 is 10.1 Å². The maximum absolute atomic E-state index is 14.0. The van der Waals surface area contributed by atoms with Crippen LogP contribution in [0.15, 0.2) is 18.2 Å². The third-order valence-electron chi connectivity index (χ3n) is 2.74. The predicted molar refractivity (Wildman–Crippen MR) is 94.3 cm³/mol. The van der Waals surface area contributed by atoms with Crippen LogP contribution >= 0.6 is 46.1 Å². The Kier molecular flexibility index (Phi) is 6.09. The van der Waals surface area contributed by atoms with Crippen molar-refractivity contribution in [3.8, 4) is 0 Å². The number of carbonyl (C=O) groups is 2. The molecule has 9 heteroatoms. The molecule has 0 fully saturated rings. The summed E-state index contributed by atoms with van der Waals surface area (Å²) in [5.41, 5.74) is -0.259. The molecular formula is C15H11Cl3FNO3S. The summed E-state index contributed by atoms with van der Waals surface area (Å²) in [5.74, 6) is -2.12. The van der Waals surface area contributed by atoms with Crippen LogP contribution in [0.3, 0.4) is 0 Å². The number of amides is 1. The second-order valence-corrected chi connectivity index (χ2v) is 7.42. The van der Waals surface area contributed by atoms with Gasteiger partial charge in [0.1, 0.15) is 10.2 Å². The van der Waals surface area contributed by atoms with Crippen molar-refractivity contribution in [1.29, 1.82) is 0 Å². The lowest BCUT2D eigenvalue weighted by molar-refractivity contribution is 0.0378. The second-order valence-electron chi connectivity index (χ2n) is 4.95. The topological polar surface area (TPSA) is 55.4 Å². The maximum Gasteiger partial charge on any atom is 0.339 e. The molecule has 1 aromatic carbocycles. The lowest BCUT2D eigenvalue weighted by atomic mass is 10.2. The lowest BCUT2D eigenvalue weighted by Gasteiger charge is -2.12. The second kappa shape index (κ2) is 7.70. The van der Waals surface area contributed by atoms with Crippen molar-refractivity contribution in [2.24, 2.45) is 0 Å². The van der Waals surface area contributed by atoms with Gasteiger partial charge in [-0.15, -0.1) is 11.3 Å². The number of thiophene rings is 1. The highest BCUT2D eigenvalue weighted by molar-refractivity contribution is 7.18. The Balaban J connectivity index is 2.29. The molecule has 0 saturated heterocycles. The molecule has 1 heterocycles. The molecule has 0 atom stereocenters. The number of nitrogens with one attached hydrogen (secondary N) is 1. The Hall–Kier alpha value is -1.34. The van der Waals surface area contributed by atoms with Gasteiger partial charge in [0.2, 0.25) is 0 Å².